The van der Waals surface area contributed by atoms with Crippen molar-refractivity contribution in [2.75, 3.05) is 0 Å². The summed E-state index contributed by atoms with van der Waals surface area (Å²) in [4.78, 5) is 22.9. The highest BCUT2D eigenvalue weighted by molar-refractivity contribution is 5.99. The number of benzene rings is 1. The van der Waals surface area contributed by atoms with E-state index in [0.29, 0.717) is 11.1 Å². The molecule has 108 valence electrons. The van der Waals surface area contributed by atoms with Gasteiger partial charge in [0.25, 0.3) is 5.91 Å². The van der Waals surface area contributed by atoms with Crippen LogP contribution in [0.1, 0.15) is 36.2 Å². The van der Waals surface area contributed by atoms with E-state index in [9.17, 15) is 9.59 Å². The second-order valence-electron chi connectivity index (χ2n) is 5.04. The zero-order valence-corrected chi connectivity index (χ0v) is 11.4. The molecule has 0 spiro atoms. The number of amides is 2. The Morgan fingerprint density at radius 2 is 1.70 bits per heavy atom. The van der Waals surface area contributed by atoms with E-state index in [2.05, 4.69) is 10.5 Å². The van der Waals surface area contributed by atoms with Gasteiger partial charge in [-0.3, -0.25) is 9.59 Å². The Kier molecular flexibility index (Phi) is 4.68. The van der Waals surface area contributed by atoms with Gasteiger partial charge in [-0.25, -0.2) is 0 Å². The first-order chi connectivity index (χ1) is 9.25. The molecule has 7 heteroatoms. The van der Waals surface area contributed by atoms with Crippen LogP contribution >= 0.6 is 0 Å². The number of amidine groups is 1. The monoisotopic (exact) mass is 278 g/mol. The van der Waals surface area contributed by atoms with E-state index in [1.165, 1.54) is 0 Å². The molecule has 0 atom stereocenters. The molecular formula is C13H18N4O3. The minimum atomic E-state index is -0.729. The summed E-state index contributed by atoms with van der Waals surface area (Å²) in [5.74, 6) is -0.856. The smallest absolute Gasteiger partial charge is 0.251 e. The van der Waals surface area contributed by atoms with Gasteiger partial charge in [-0.05, 0) is 26.0 Å². The number of primary amides is 1. The highest BCUT2D eigenvalue weighted by atomic mass is 16.4. The first-order valence-corrected chi connectivity index (χ1v) is 5.94. The van der Waals surface area contributed by atoms with Crippen molar-refractivity contribution >= 4 is 17.6 Å². The van der Waals surface area contributed by atoms with Crippen molar-refractivity contribution in [3.8, 4) is 0 Å². The molecule has 0 radical (unpaired) electrons. The SMILES string of the molecule is CC(C)(CC(N)=O)NC(=O)c1ccc(/C(N)=N/O)cc1. The van der Waals surface area contributed by atoms with Gasteiger partial charge in [-0.15, -0.1) is 0 Å². The van der Waals surface area contributed by atoms with Crippen LogP contribution in [-0.2, 0) is 4.79 Å². The molecule has 0 fully saturated rings. The number of hydrogen-bond donors (Lipinski definition) is 4. The Morgan fingerprint density at radius 3 is 2.15 bits per heavy atom. The molecule has 1 aromatic carbocycles. The number of oxime groups is 1. The fourth-order valence-electron chi connectivity index (χ4n) is 1.71. The van der Waals surface area contributed by atoms with Crippen molar-refractivity contribution in [1.29, 1.82) is 0 Å². The summed E-state index contributed by atoms with van der Waals surface area (Å²) in [7, 11) is 0. The first kappa shape index (κ1) is 15.5. The van der Waals surface area contributed by atoms with Gasteiger partial charge in [-0.2, -0.15) is 0 Å². The van der Waals surface area contributed by atoms with Crippen molar-refractivity contribution in [3.63, 3.8) is 0 Å². The standard InChI is InChI=1S/C13H18N4O3/c1-13(2,7-10(14)18)16-12(19)9-5-3-8(4-6-9)11(15)17-20/h3-6,20H,7H2,1-2H3,(H2,14,18)(H2,15,17)(H,16,19). The average molecular weight is 278 g/mol. The lowest BCUT2D eigenvalue weighted by molar-refractivity contribution is -0.119. The van der Waals surface area contributed by atoms with Gasteiger partial charge in [-0.1, -0.05) is 17.3 Å². The summed E-state index contributed by atoms with van der Waals surface area (Å²) >= 11 is 0. The molecule has 0 saturated carbocycles. The Bertz CT molecular complexity index is 535. The Hall–Kier alpha value is -2.57. The Labute approximate surface area is 116 Å². The molecule has 0 heterocycles. The fraction of sp³-hybridized carbons (Fsp3) is 0.308. The van der Waals surface area contributed by atoms with Crippen LogP contribution < -0.4 is 16.8 Å². The van der Waals surface area contributed by atoms with E-state index in [4.69, 9.17) is 16.7 Å². The lowest BCUT2D eigenvalue weighted by atomic mass is 9.99. The van der Waals surface area contributed by atoms with E-state index >= 15 is 0 Å². The predicted molar refractivity (Wildman–Crippen MR) is 74.3 cm³/mol. The second kappa shape index (κ2) is 6.05. The van der Waals surface area contributed by atoms with Crippen LogP contribution in [0.2, 0.25) is 0 Å². The Morgan fingerprint density at radius 1 is 1.20 bits per heavy atom. The quantitative estimate of drug-likeness (QED) is 0.264. The van der Waals surface area contributed by atoms with Gasteiger partial charge < -0.3 is 22.0 Å². The van der Waals surface area contributed by atoms with Crippen LogP contribution in [0.5, 0.6) is 0 Å². The fourth-order valence-corrected chi connectivity index (χ4v) is 1.71. The molecule has 7 nitrogen and oxygen atoms in total. The highest BCUT2D eigenvalue weighted by Crippen LogP contribution is 2.10. The molecule has 6 N–H and O–H groups in total. The van der Waals surface area contributed by atoms with Crippen LogP contribution in [0.4, 0.5) is 0 Å². The molecule has 0 aliphatic rings. The molecule has 20 heavy (non-hydrogen) atoms. The van der Waals surface area contributed by atoms with E-state index in [1.54, 1.807) is 38.1 Å². The number of hydrogen-bond acceptors (Lipinski definition) is 4. The van der Waals surface area contributed by atoms with E-state index in [-0.39, 0.29) is 18.2 Å². The van der Waals surface area contributed by atoms with Crippen molar-refractivity contribution in [2.45, 2.75) is 25.8 Å². The summed E-state index contributed by atoms with van der Waals surface area (Å²) < 4.78 is 0. The van der Waals surface area contributed by atoms with Crippen LogP contribution in [0.3, 0.4) is 0 Å². The summed E-state index contributed by atoms with van der Waals surface area (Å²) in [5.41, 5.74) is 10.7. The van der Waals surface area contributed by atoms with Crippen molar-refractivity contribution in [2.24, 2.45) is 16.6 Å². The molecule has 2 amide bonds. The summed E-state index contributed by atoms with van der Waals surface area (Å²) in [6, 6.07) is 6.21. The van der Waals surface area contributed by atoms with Crippen LogP contribution in [0.15, 0.2) is 29.4 Å². The maximum absolute atomic E-state index is 12.0. The summed E-state index contributed by atoms with van der Waals surface area (Å²) in [6.07, 6.45) is 0.0426. The van der Waals surface area contributed by atoms with Gasteiger partial charge in [0, 0.05) is 23.1 Å². The molecule has 0 aliphatic carbocycles. The third-order valence-corrected chi connectivity index (χ3v) is 2.62. The molecule has 0 aliphatic heterocycles. The van der Waals surface area contributed by atoms with Crippen LogP contribution in [0, 0.1) is 0 Å². The molecule has 0 aromatic heterocycles. The zero-order valence-electron chi connectivity index (χ0n) is 11.4. The summed E-state index contributed by atoms with van der Waals surface area (Å²) in [6.45, 7) is 3.42. The molecule has 0 saturated heterocycles. The van der Waals surface area contributed by atoms with Gasteiger partial charge >= 0.3 is 0 Å². The maximum Gasteiger partial charge on any atom is 0.251 e. The predicted octanol–water partition coefficient (Wildman–Crippen LogP) is 0.165. The average Bonchev–Trinajstić information content (AvgIpc) is 2.35. The summed E-state index contributed by atoms with van der Waals surface area (Å²) in [5, 5.41) is 14.1. The van der Waals surface area contributed by atoms with Gasteiger partial charge in [0.05, 0.1) is 0 Å². The van der Waals surface area contributed by atoms with E-state index in [1.807, 2.05) is 0 Å². The molecule has 1 rings (SSSR count). The van der Waals surface area contributed by atoms with E-state index in [0.717, 1.165) is 0 Å². The lowest BCUT2D eigenvalue weighted by Gasteiger charge is -2.24. The number of carbonyl (C=O) groups is 2. The maximum atomic E-state index is 12.0. The number of nitrogens with two attached hydrogens (primary N) is 2. The van der Waals surface area contributed by atoms with Gasteiger partial charge in [0.15, 0.2) is 5.84 Å². The minimum Gasteiger partial charge on any atom is -0.409 e. The zero-order chi connectivity index (χ0) is 15.3. The van der Waals surface area contributed by atoms with Gasteiger partial charge in [0.2, 0.25) is 5.91 Å². The van der Waals surface area contributed by atoms with Crippen molar-refractivity contribution < 1.29 is 14.8 Å². The van der Waals surface area contributed by atoms with Gasteiger partial charge in [0.1, 0.15) is 0 Å². The molecule has 0 unspecified atom stereocenters. The number of nitrogens with one attached hydrogen (secondary N) is 1. The molecular weight excluding hydrogens is 260 g/mol. The molecule has 0 bridgehead atoms. The van der Waals surface area contributed by atoms with E-state index < -0.39 is 11.4 Å². The lowest BCUT2D eigenvalue weighted by Crippen LogP contribution is -2.46. The van der Waals surface area contributed by atoms with Crippen LogP contribution in [0.25, 0.3) is 0 Å². The highest BCUT2D eigenvalue weighted by Gasteiger charge is 2.23. The minimum absolute atomic E-state index is 0.0361. The normalized spacial score (nSPS) is 12.0. The number of carbonyl (C=O) groups excluding carboxylic acids is 2. The number of rotatable bonds is 5. The number of nitrogens with zero attached hydrogens (tertiary/aromatic N) is 1. The Balaban J connectivity index is 2.81. The topological polar surface area (TPSA) is 131 Å². The van der Waals surface area contributed by atoms with Crippen LogP contribution in [-0.4, -0.2) is 28.4 Å². The largest absolute Gasteiger partial charge is 0.409 e. The van der Waals surface area contributed by atoms with Crippen molar-refractivity contribution in [1.82, 2.24) is 5.32 Å². The third kappa shape index (κ3) is 4.27. The third-order valence-electron chi connectivity index (χ3n) is 2.62. The van der Waals surface area contributed by atoms with Crippen molar-refractivity contribution in [3.05, 3.63) is 35.4 Å². The molecule has 1 aromatic rings. The first-order valence-electron chi connectivity index (χ1n) is 5.94. The second-order valence-corrected chi connectivity index (χ2v) is 5.04.